The van der Waals surface area contributed by atoms with Gasteiger partial charge in [-0.05, 0) is 20.0 Å². The van der Waals surface area contributed by atoms with Gasteiger partial charge in [-0.25, -0.2) is 9.37 Å². The molecule has 0 aliphatic rings. The lowest BCUT2D eigenvalue weighted by Gasteiger charge is -2.18. The molecule has 0 saturated heterocycles. The Morgan fingerprint density at radius 2 is 2.18 bits per heavy atom. The number of nitrogens with one attached hydrogen (secondary N) is 1. The molecule has 0 saturated carbocycles. The van der Waals surface area contributed by atoms with E-state index < -0.39 is 0 Å². The highest BCUT2D eigenvalue weighted by Crippen LogP contribution is 2.22. The summed E-state index contributed by atoms with van der Waals surface area (Å²) in [5.74, 6) is 0.623. The highest BCUT2D eigenvalue weighted by molar-refractivity contribution is 5.26. The van der Waals surface area contributed by atoms with Gasteiger partial charge in [-0.15, -0.1) is 0 Å². The first-order chi connectivity index (χ1) is 8.27. The minimum atomic E-state index is -0.217. The van der Waals surface area contributed by atoms with Crippen LogP contribution in [0.3, 0.4) is 0 Å². The van der Waals surface area contributed by atoms with Crippen molar-refractivity contribution in [3.05, 3.63) is 53.9 Å². The van der Waals surface area contributed by atoms with E-state index >= 15 is 0 Å². The average Bonchev–Trinajstić information content (AvgIpc) is 2.81. The van der Waals surface area contributed by atoms with Crippen molar-refractivity contribution in [2.24, 2.45) is 0 Å². The van der Waals surface area contributed by atoms with Crippen LogP contribution in [0.2, 0.25) is 0 Å². The zero-order chi connectivity index (χ0) is 12.3. The Hall–Kier alpha value is -1.68. The minimum Gasteiger partial charge on any atom is -0.334 e. The van der Waals surface area contributed by atoms with E-state index in [1.54, 1.807) is 18.3 Å². The van der Waals surface area contributed by atoms with Crippen molar-refractivity contribution in [3.63, 3.8) is 0 Å². The predicted molar refractivity (Wildman–Crippen MR) is 65.2 cm³/mol. The van der Waals surface area contributed by atoms with Crippen LogP contribution >= 0.6 is 0 Å². The average molecular weight is 233 g/mol. The summed E-state index contributed by atoms with van der Waals surface area (Å²) >= 11 is 0. The fraction of sp³-hybridized carbons (Fsp3) is 0.308. The van der Waals surface area contributed by atoms with Gasteiger partial charge in [-0.1, -0.05) is 18.2 Å². The quantitative estimate of drug-likeness (QED) is 0.878. The Labute approximate surface area is 100 Å². The van der Waals surface area contributed by atoms with E-state index in [2.05, 4.69) is 10.3 Å². The number of aromatic nitrogens is 2. The maximum atomic E-state index is 13.8. The highest BCUT2D eigenvalue weighted by Gasteiger charge is 2.19. The van der Waals surface area contributed by atoms with Crippen LogP contribution in [0.1, 0.15) is 24.4 Å². The van der Waals surface area contributed by atoms with Gasteiger partial charge in [0, 0.05) is 24.5 Å². The summed E-state index contributed by atoms with van der Waals surface area (Å²) < 4.78 is 15.8. The standard InChI is InChI=1S/C13H16FN3/c1-3-17-9-8-16-13(17)12(15-2)10-6-4-5-7-11(10)14/h4-9,12,15H,3H2,1-2H3. The molecule has 0 bridgehead atoms. The molecule has 2 aromatic rings. The lowest BCUT2D eigenvalue weighted by atomic mass is 10.1. The molecule has 0 fully saturated rings. The van der Waals surface area contributed by atoms with Crippen molar-refractivity contribution in [2.45, 2.75) is 19.5 Å². The van der Waals surface area contributed by atoms with Crippen LogP contribution in [-0.2, 0) is 6.54 Å². The molecule has 4 heteroatoms. The molecular weight excluding hydrogens is 217 g/mol. The van der Waals surface area contributed by atoms with Gasteiger partial charge < -0.3 is 9.88 Å². The van der Waals surface area contributed by atoms with Gasteiger partial charge in [-0.3, -0.25) is 0 Å². The number of benzene rings is 1. The molecule has 1 heterocycles. The Bertz CT molecular complexity index is 493. The maximum absolute atomic E-state index is 13.8. The zero-order valence-electron chi connectivity index (χ0n) is 10.0. The maximum Gasteiger partial charge on any atom is 0.130 e. The van der Waals surface area contributed by atoms with E-state index in [1.165, 1.54) is 6.07 Å². The highest BCUT2D eigenvalue weighted by atomic mass is 19.1. The fourth-order valence-electron chi connectivity index (χ4n) is 1.98. The number of halogens is 1. The van der Waals surface area contributed by atoms with E-state index in [1.807, 2.05) is 30.8 Å². The summed E-state index contributed by atoms with van der Waals surface area (Å²) in [4.78, 5) is 4.31. The Balaban J connectivity index is 2.44. The first-order valence-electron chi connectivity index (χ1n) is 5.70. The summed E-state index contributed by atoms with van der Waals surface area (Å²) in [5.41, 5.74) is 0.621. The van der Waals surface area contributed by atoms with Gasteiger partial charge in [-0.2, -0.15) is 0 Å². The lowest BCUT2D eigenvalue weighted by molar-refractivity contribution is 0.543. The molecule has 1 aromatic carbocycles. The number of imidazole rings is 1. The van der Waals surface area contributed by atoms with E-state index in [-0.39, 0.29) is 11.9 Å². The van der Waals surface area contributed by atoms with Gasteiger partial charge in [0.2, 0.25) is 0 Å². The first kappa shape index (κ1) is 11.8. The number of nitrogens with zero attached hydrogens (tertiary/aromatic N) is 2. The lowest BCUT2D eigenvalue weighted by Crippen LogP contribution is -2.22. The molecule has 1 aromatic heterocycles. The van der Waals surface area contributed by atoms with Crippen molar-refractivity contribution < 1.29 is 4.39 Å². The summed E-state index contributed by atoms with van der Waals surface area (Å²) in [6.07, 6.45) is 3.64. The molecule has 0 aliphatic carbocycles. The van der Waals surface area contributed by atoms with E-state index in [9.17, 15) is 4.39 Å². The van der Waals surface area contributed by atoms with Gasteiger partial charge >= 0.3 is 0 Å². The van der Waals surface area contributed by atoms with Crippen LogP contribution < -0.4 is 5.32 Å². The molecule has 17 heavy (non-hydrogen) atoms. The third-order valence-electron chi connectivity index (χ3n) is 2.85. The third kappa shape index (κ3) is 2.22. The summed E-state index contributed by atoms with van der Waals surface area (Å²) in [6.45, 7) is 2.86. The smallest absolute Gasteiger partial charge is 0.130 e. The number of rotatable bonds is 4. The molecule has 0 amide bonds. The van der Waals surface area contributed by atoms with E-state index in [0.717, 1.165) is 12.4 Å². The van der Waals surface area contributed by atoms with Crippen LogP contribution in [0.4, 0.5) is 4.39 Å². The Kier molecular flexibility index (Phi) is 3.54. The molecule has 1 unspecified atom stereocenters. The van der Waals surface area contributed by atoms with Crippen molar-refractivity contribution in [2.75, 3.05) is 7.05 Å². The fourth-order valence-corrected chi connectivity index (χ4v) is 1.98. The Morgan fingerprint density at radius 3 is 2.82 bits per heavy atom. The molecule has 0 aliphatic heterocycles. The van der Waals surface area contributed by atoms with E-state index in [4.69, 9.17) is 0 Å². The second-order valence-electron chi connectivity index (χ2n) is 3.81. The second kappa shape index (κ2) is 5.10. The van der Waals surface area contributed by atoms with Crippen molar-refractivity contribution >= 4 is 0 Å². The van der Waals surface area contributed by atoms with Crippen LogP contribution in [0.5, 0.6) is 0 Å². The number of aryl methyl sites for hydroxylation is 1. The van der Waals surface area contributed by atoms with Crippen molar-refractivity contribution in [1.29, 1.82) is 0 Å². The molecule has 1 N–H and O–H groups in total. The molecule has 0 spiro atoms. The molecule has 0 radical (unpaired) electrons. The SMILES string of the molecule is CCn1ccnc1C(NC)c1ccccc1F. The normalized spacial score (nSPS) is 12.6. The van der Waals surface area contributed by atoms with Crippen LogP contribution in [0, 0.1) is 5.82 Å². The number of hydrogen-bond donors (Lipinski definition) is 1. The Morgan fingerprint density at radius 1 is 1.41 bits per heavy atom. The summed E-state index contributed by atoms with van der Waals surface area (Å²) in [5, 5.41) is 3.11. The molecule has 90 valence electrons. The number of hydrogen-bond acceptors (Lipinski definition) is 2. The summed E-state index contributed by atoms with van der Waals surface area (Å²) in [6, 6.07) is 6.57. The second-order valence-corrected chi connectivity index (χ2v) is 3.81. The monoisotopic (exact) mass is 233 g/mol. The van der Waals surface area contributed by atoms with Crippen molar-refractivity contribution in [1.82, 2.24) is 14.9 Å². The van der Waals surface area contributed by atoms with Crippen LogP contribution in [-0.4, -0.2) is 16.6 Å². The van der Waals surface area contributed by atoms with Gasteiger partial charge in [0.15, 0.2) is 0 Å². The molecule has 3 nitrogen and oxygen atoms in total. The predicted octanol–water partition coefficient (Wildman–Crippen LogP) is 2.35. The van der Waals surface area contributed by atoms with Gasteiger partial charge in [0.25, 0.3) is 0 Å². The van der Waals surface area contributed by atoms with E-state index in [0.29, 0.717) is 5.56 Å². The van der Waals surface area contributed by atoms with Gasteiger partial charge in [0.05, 0.1) is 6.04 Å². The summed E-state index contributed by atoms with van der Waals surface area (Å²) in [7, 11) is 1.81. The van der Waals surface area contributed by atoms with Gasteiger partial charge in [0.1, 0.15) is 11.6 Å². The minimum absolute atomic E-state index is 0.211. The molecular formula is C13H16FN3. The largest absolute Gasteiger partial charge is 0.334 e. The van der Waals surface area contributed by atoms with Crippen LogP contribution in [0.25, 0.3) is 0 Å². The third-order valence-corrected chi connectivity index (χ3v) is 2.85. The van der Waals surface area contributed by atoms with Crippen molar-refractivity contribution in [3.8, 4) is 0 Å². The molecule has 2 rings (SSSR count). The molecule has 1 atom stereocenters. The first-order valence-corrected chi connectivity index (χ1v) is 5.70. The van der Waals surface area contributed by atoms with Crippen LogP contribution in [0.15, 0.2) is 36.7 Å². The topological polar surface area (TPSA) is 29.9 Å². The zero-order valence-corrected chi connectivity index (χ0v) is 10.0.